The van der Waals surface area contributed by atoms with E-state index >= 15 is 0 Å². The number of nitrogens with one attached hydrogen (secondary N) is 2. The summed E-state index contributed by atoms with van der Waals surface area (Å²) in [6.45, 7) is 3.58. The molecule has 21 heavy (non-hydrogen) atoms. The van der Waals surface area contributed by atoms with Crippen molar-refractivity contribution in [3.05, 3.63) is 48.3 Å². The molecule has 1 saturated heterocycles. The largest absolute Gasteiger partial charge is 0.349 e. The fraction of sp³-hybridized carbons (Fsp3) is 0.333. The van der Waals surface area contributed by atoms with Gasteiger partial charge in [0.25, 0.3) is 0 Å². The van der Waals surface area contributed by atoms with Crippen molar-refractivity contribution < 1.29 is 4.79 Å². The minimum Gasteiger partial charge on any atom is -0.349 e. The lowest BCUT2D eigenvalue weighted by Crippen LogP contribution is -2.51. The van der Waals surface area contributed by atoms with Crippen LogP contribution < -0.4 is 10.6 Å². The van der Waals surface area contributed by atoms with Crippen molar-refractivity contribution in [3.63, 3.8) is 0 Å². The second kappa shape index (κ2) is 6.74. The number of carbonyl (C=O) groups is 1. The van der Waals surface area contributed by atoms with Gasteiger partial charge < -0.3 is 10.6 Å². The summed E-state index contributed by atoms with van der Waals surface area (Å²) in [5.41, 5.74) is 2.11. The lowest BCUT2D eigenvalue weighted by atomic mass is 10.0. The molecule has 1 aromatic heterocycles. The molecular weight excluding hydrogens is 288 g/mol. The average Bonchev–Trinajstić information content (AvgIpc) is 2.90. The molecule has 0 aliphatic carbocycles. The maximum absolute atomic E-state index is 11.9. The van der Waals surface area contributed by atoms with Gasteiger partial charge in [0.15, 0.2) is 0 Å². The van der Waals surface area contributed by atoms with Gasteiger partial charge in [-0.1, -0.05) is 12.1 Å². The zero-order valence-electron chi connectivity index (χ0n) is 11.8. The Morgan fingerprint density at radius 2 is 2.10 bits per heavy atom. The molecule has 3 rings (SSSR count). The van der Waals surface area contributed by atoms with Crippen LogP contribution in [0.25, 0.3) is 5.69 Å². The van der Waals surface area contributed by atoms with Crippen LogP contribution in [0, 0.1) is 5.92 Å². The van der Waals surface area contributed by atoms with Gasteiger partial charge in [-0.05, 0) is 30.7 Å². The highest BCUT2D eigenvalue weighted by molar-refractivity contribution is 5.85. The number of hydrogen-bond acceptors (Lipinski definition) is 3. The van der Waals surface area contributed by atoms with Crippen LogP contribution in [-0.2, 0) is 4.79 Å². The van der Waals surface area contributed by atoms with E-state index in [1.165, 1.54) is 0 Å². The molecule has 1 amide bonds. The molecule has 2 aromatic rings. The standard InChI is InChI=1S/C15H18N4O.ClH/c1-11(18-15(20)13-9-16-10-13)12-3-5-14(6-4-12)19-8-2-7-17-19;/h2-8,11,13,16H,9-10H2,1H3,(H,18,20);1H. The van der Waals surface area contributed by atoms with E-state index in [0.717, 1.165) is 24.3 Å². The summed E-state index contributed by atoms with van der Waals surface area (Å²) in [6, 6.07) is 9.99. The fourth-order valence-electron chi connectivity index (χ4n) is 2.23. The second-order valence-corrected chi connectivity index (χ2v) is 5.13. The maximum atomic E-state index is 11.9. The Hall–Kier alpha value is -1.85. The minimum atomic E-state index is 0. The van der Waals surface area contributed by atoms with Crippen LogP contribution in [0.1, 0.15) is 18.5 Å². The lowest BCUT2D eigenvalue weighted by molar-refractivity contribution is -0.127. The molecule has 2 N–H and O–H groups in total. The molecule has 0 radical (unpaired) electrons. The van der Waals surface area contributed by atoms with E-state index in [0.29, 0.717) is 0 Å². The molecule has 0 saturated carbocycles. The summed E-state index contributed by atoms with van der Waals surface area (Å²) in [4.78, 5) is 11.9. The molecule has 1 fully saturated rings. The van der Waals surface area contributed by atoms with E-state index in [2.05, 4.69) is 15.7 Å². The van der Waals surface area contributed by atoms with Gasteiger partial charge in [-0.15, -0.1) is 12.4 Å². The molecule has 6 heteroatoms. The first-order valence-corrected chi connectivity index (χ1v) is 6.85. The van der Waals surface area contributed by atoms with Crippen LogP contribution in [0.5, 0.6) is 0 Å². The van der Waals surface area contributed by atoms with Crippen molar-refractivity contribution >= 4 is 18.3 Å². The Morgan fingerprint density at radius 3 is 2.62 bits per heavy atom. The third kappa shape index (κ3) is 3.43. The van der Waals surface area contributed by atoms with Crippen LogP contribution in [-0.4, -0.2) is 28.8 Å². The van der Waals surface area contributed by atoms with Gasteiger partial charge in [0.2, 0.25) is 5.91 Å². The van der Waals surface area contributed by atoms with Gasteiger partial charge in [0.1, 0.15) is 0 Å². The quantitative estimate of drug-likeness (QED) is 0.904. The molecule has 1 atom stereocenters. The first-order chi connectivity index (χ1) is 9.74. The highest BCUT2D eigenvalue weighted by Gasteiger charge is 2.25. The fourth-order valence-corrected chi connectivity index (χ4v) is 2.23. The monoisotopic (exact) mass is 306 g/mol. The molecule has 1 aromatic carbocycles. The molecule has 2 heterocycles. The van der Waals surface area contributed by atoms with Gasteiger partial charge in [-0.25, -0.2) is 4.68 Å². The van der Waals surface area contributed by atoms with Crippen molar-refractivity contribution in [1.29, 1.82) is 0 Å². The normalized spacial score (nSPS) is 15.7. The van der Waals surface area contributed by atoms with Crippen LogP contribution >= 0.6 is 12.4 Å². The molecule has 0 spiro atoms. The first kappa shape index (κ1) is 15.5. The summed E-state index contributed by atoms with van der Waals surface area (Å²) >= 11 is 0. The van der Waals surface area contributed by atoms with Gasteiger partial charge >= 0.3 is 0 Å². The third-order valence-corrected chi connectivity index (χ3v) is 3.67. The van der Waals surface area contributed by atoms with E-state index < -0.39 is 0 Å². The van der Waals surface area contributed by atoms with Crippen LogP contribution in [0.2, 0.25) is 0 Å². The van der Waals surface area contributed by atoms with E-state index in [1.807, 2.05) is 48.1 Å². The van der Waals surface area contributed by atoms with E-state index in [1.54, 1.807) is 6.20 Å². The van der Waals surface area contributed by atoms with Crippen LogP contribution in [0.3, 0.4) is 0 Å². The van der Waals surface area contributed by atoms with E-state index in [9.17, 15) is 4.79 Å². The Kier molecular flexibility index (Phi) is 4.98. The summed E-state index contributed by atoms with van der Waals surface area (Å²) in [7, 11) is 0. The Labute approximate surface area is 130 Å². The highest BCUT2D eigenvalue weighted by atomic mass is 35.5. The predicted molar refractivity (Wildman–Crippen MR) is 83.7 cm³/mol. The molecular formula is C15H19ClN4O. The molecule has 1 aliphatic heterocycles. The van der Waals surface area contributed by atoms with E-state index in [-0.39, 0.29) is 30.3 Å². The van der Waals surface area contributed by atoms with Crippen molar-refractivity contribution in [3.8, 4) is 5.69 Å². The predicted octanol–water partition coefficient (Wildman–Crippen LogP) is 1.69. The second-order valence-electron chi connectivity index (χ2n) is 5.13. The number of amides is 1. The SMILES string of the molecule is CC(NC(=O)C1CNC1)c1ccc(-n2cccn2)cc1.Cl. The summed E-state index contributed by atoms with van der Waals surface area (Å²) in [5.74, 6) is 0.258. The smallest absolute Gasteiger partial charge is 0.226 e. The van der Waals surface area contributed by atoms with Crippen molar-refractivity contribution in [2.75, 3.05) is 13.1 Å². The topological polar surface area (TPSA) is 59.0 Å². The summed E-state index contributed by atoms with van der Waals surface area (Å²) in [6.07, 6.45) is 3.66. The van der Waals surface area contributed by atoms with Crippen LogP contribution in [0.15, 0.2) is 42.7 Å². The molecule has 0 bridgehead atoms. The molecule has 5 nitrogen and oxygen atoms in total. The number of hydrogen-bond donors (Lipinski definition) is 2. The molecule has 1 aliphatic rings. The zero-order valence-corrected chi connectivity index (χ0v) is 12.6. The number of rotatable bonds is 4. The highest BCUT2D eigenvalue weighted by Crippen LogP contribution is 2.16. The van der Waals surface area contributed by atoms with Gasteiger partial charge in [-0.3, -0.25) is 4.79 Å². The molecule has 112 valence electrons. The summed E-state index contributed by atoms with van der Waals surface area (Å²) in [5, 5.41) is 10.3. The number of benzene rings is 1. The Bertz CT molecular complexity index is 578. The van der Waals surface area contributed by atoms with Crippen molar-refractivity contribution in [1.82, 2.24) is 20.4 Å². The number of halogens is 1. The number of carbonyl (C=O) groups excluding carboxylic acids is 1. The first-order valence-electron chi connectivity index (χ1n) is 6.85. The molecule has 1 unspecified atom stereocenters. The Morgan fingerprint density at radius 1 is 1.38 bits per heavy atom. The van der Waals surface area contributed by atoms with Crippen molar-refractivity contribution in [2.24, 2.45) is 5.92 Å². The van der Waals surface area contributed by atoms with Gasteiger partial charge in [0.05, 0.1) is 17.6 Å². The van der Waals surface area contributed by atoms with E-state index in [4.69, 9.17) is 0 Å². The Balaban J connectivity index is 0.00000161. The third-order valence-electron chi connectivity index (χ3n) is 3.67. The lowest BCUT2D eigenvalue weighted by Gasteiger charge is -2.27. The minimum absolute atomic E-state index is 0. The van der Waals surface area contributed by atoms with Gasteiger partial charge in [0, 0.05) is 25.5 Å². The zero-order chi connectivity index (χ0) is 13.9. The summed E-state index contributed by atoms with van der Waals surface area (Å²) < 4.78 is 1.81. The number of nitrogens with zero attached hydrogens (tertiary/aromatic N) is 2. The van der Waals surface area contributed by atoms with Crippen molar-refractivity contribution in [2.45, 2.75) is 13.0 Å². The maximum Gasteiger partial charge on any atom is 0.226 e. The van der Waals surface area contributed by atoms with Gasteiger partial charge in [-0.2, -0.15) is 5.10 Å². The van der Waals surface area contributed by atoms with Crippen LogP contribution in [0.4, 0.5) is 0 Å². The average molecular weight is 307 g/mol. The number of aromatic nitrogens is 2.